The van der Waals surface area contributed by atoms with Crippen LogP contribution in [0.2, 0.25) is 0 Å². The number of non-ortho nitro benzene ring substituents is 1. The van der Waals surface area contributed by atoms with Crippen LogP contribution in [0.4, 0.5) is 5.69 Å². The molecule has 0 aromatic heterocycles. The van der Waals surface area contributed by atoms with Crippen molar-refractivity contribution in [2.45, 2.75) is 10.7 Å². The highest BCUT2D eigenvalue weighted by Gasteiger charge is 2.49. The highest BCUT2D eigenvalue weighted by atomic mass is 32.2. The van der Waals surface area contributed by atoms with Crippen molar-refractivity contribution in [2.24, 2.45) is 0 Å². The van der Waals surface area contributed by atoms with Gasteiger partial charge in [-0.05, 0) is 35.6 Å². The Morgan fingerprint density at radius 2 is 1.73 bits per heavy atom. The topological polar surface area (TPSA) is 61.6 Å². The lowest BCUT2D eigenvalue weighted by Crippen LogP contribution is -2.26. The molecule has 22 heavy (non-hydrogen) atoms. The summed E-state index contributed by atoms with van der Waals surface area (Å²) in [5.74, 6) is -0.998. The lowest BCUT2D eigenvalue weighted by molar-refractivity contribution is -0.385. The van der Waals surface area contributed by atoms with Crippen LogP contribution in [0.5, 0.6) is 0 Å². The van der Waals surface area contributed by atoms with E-state index in [4.69, 9.17) is 9.47 Å². The number of nitro groups is 1. The first-order valence-electron chi connectivity index (χ1n) is 6.91. The number of hydrogen-bond donors (Lipinski definition) is 0. The first kappa shape index (κ1) is 13.8. The Morgan fingerprint density at radius 1 is 1.09 bits per heavy atom. The van der Waals surface area contributed by atoms with E-state index >= 15 is 0 Å². The first-order valence-corrected chi connectivity index (χ1v) is 8.14. The molecular weight excluding hydrogens is 302 g/mol. The molecule has 1 heterocycles. The zero-order chi connectivity index (χ0) is 15.3. The second-order valence-electron chi connectivity index (χ2n) is 5.21. The molecule has 112 valence electrons. The third kappa shape index (κ3) is 1.75. The van der Waals surface area contributed by atoms with Crippen LogP contribution in [0.3, 0.4) is 0 Å². The number of hydrogen-bond acceptors (Lipinski definition) is 5. The first-order chi connectivity index (χ1) is 10.7. The van der Waals surface area contributed by atoms with Gasteiger partial charge in [-0.1, -0.05) is 6.07 Å². The normalized spacial score (nSPS) is 17.5. The van der Waals surface area contributed by atoms with E-state index in [1.54, 1.807) is 23.9 Å². The van der Waals surface area contributed by atoms with Crippen molar-refractivity contribution in [3.8, 4) is 11.1 Å². The molecule has 0 unspecified atom stereocenters. The van der Waals surface area contributed by atoms with E-state index < -0.39 is 5.79 Å². The van der Waals surface area contributed by atoms with E-state index in [-0.39, 0.29) is 10.6 Å². The smallest absolute Gasteiger partial charge is 0.269 e. The molecule has 6 heteroatoms. The fraction of sp³-hybridized carbons (Fsp3) is 0.250. The zero-order valence-corrected chi connectivity index (χ0v) is 12.7. The summed E-state index contributed by atoms with van der Waals surface area (Å²) in [4.78, 5) is 11.8. The number of fused-ring (bicyclic) bond motifs is 5. The van der Waals surface area contributed by atoms with Crippen LogP contribution < -0.4 is 0 Å². The number of thioether (sulfide) groups is 1. The Morgan fingerprint density at radius 3 is 2.36 bits per heavy atom. The van der Waals surface area contributed by atoms with Gasteiger partial charge in [-0.25, -0.2) is 0 Å². The summed E-state index contributed by atoms with van der Waals surface area (Å²) in [6.07, 6.45) is 2.01. The van der Waals surface area contributed by atoms with Crippen LogP contribution >= 0.6 is 11.8 Å². The fourth-order valence-corrected chi connectivity index (χ4v) is 3.62. The number of rotatable bonds is 2. The molecule has 1 spiro atoms. The molecule has 5 nitrogen and oxygen atoms in total. The highest BCUT2D eigenvalue weighted by Crippen LogP contribution is 2.53. The predicted octanol–water partition coefficient (Wildman–Crippen LogP) is 3.55. The molecule has 1 aliphatic carbocycles. The van der Waals surface area contributed by atoms with Crippen LogP contribution in [0.1, 0.15) is 11.1 Å². The van der Waals surface area contributed by atoms with Gasteiger partial charge in [0.05, 0.1) is 18.1 Å². The van der Waals surface area contributed by atoms with E-state index in [1.165, 1.54) is 6.07 Å². The van der Waals surface area contributed by atoms with E-state index in [2.05, 4.69) is 6.07 Å². The molecule has 1 aliphatic heterocycles. The molecule has 2 aromatic carbocycles. The lowest BCUT2D eigenvalue weighted by atomic mass is 10.0. The number of ether oxygens (including phenoxy) is 2. The minimum Gasteiger partial charge on any atom is -0.340 e. The monoisotopic (exact) mass is 315 g/mol. The fourth-order valence-electron chi connectivity index (χ4n) is 3.18. The van der Waals surface area contributed by atoms with Gasteiger partial charge in [0.15, 0.2) is 0 Å². The van der Waals surface area contributed by atoms with E-state index in [0.29, 0.717) is 13.2 Å². The predicted molar refractivity (Wildman–Crippen MR) is 83.0 cm³/mol. The van der Waals surface area contributed by atoms with Gasteiger partial charge in [0, 0.05) is 28.2 Å². The Bertz CT molecular complexity index is 784. The second-order valence-corrected chi connectivity index (χ2v) is 6.09. The summed E-state index contributed by atoms with van der Waals surface area (Å²) in [7, 11) is 0. The van der Waals surface area contributed by atoms with Crippen molar-refractivity contribution in [3.63, 3.8) is 0 Å². The molecule has 2 aliphatic rings. The average molecular weight is 315 g/mol. The van der Waals surface area contributed by atoms with Gasteiger partial charge in [0.2, 0.25) is 5.79 Å². The zero-order valence-electron chi connectivity index (χ0n) is 11.9. The number of benzene rings is 2. The van der Waals surface area contributed by atoms with Crippen molar-refractivity contribution in [1.82, 2.24) is 0 Å². The molecule has 4 rings (SSSR count). The Labute approximate surface area is 131 Å². The molecule has 0 saturated carbocycles. The Hall–Kier alpha value is -1.89. The lowest BCUT2D eigenvalue weighted by Gasteiger charge is -2.24. The summed E-state index contributed by atoms with van der Waals surface area (Å²) in [5, 5.41) is 11.1. The van der Waals surface area contributed by atoms with Crippen molar-refractivity contribution in [1.29, 1.82) is 0 Å². The van der Waals surface area contributed by atoms with Crippen LogP contribution in [0.25, 0.3) is 11.1 Å². The molecule has 0 N–H and O–H groups in total. The standard InChI is InChI=1S/C16H13NO4S/c1-22-11-3-5-13-12-4-2-10(17(18)19)8-14(12)16(15(13)9-11)20-6-7-21-16/h2-5,8-9H,6-7H2,1H3. The average Bonchev–Trinajstić information content (AvgIpc) is 3.13. The molecular formula is C16H13NO4S. The van der Waals surface area contributed by atoms with E-state index in [0.717, 1.165) is 27.1 Å². The van der Waals surface area contributed by atoms with Crippen LogP contribution in [-0.4, -0.2) is 24.4 Å². The van der Waals surface area contributed by atoms with Gasteiger partial charge in [-0.3, -0.25) is 10.1 Å². The van der Waals surface area contributed by atoms with Gasteiger partial charge >= 0.3 is 0 Å². The third-order valence-corrected chi connectivity index (χ3v) is 4.86. The molecule has 1 saturated heterocycles. The van der Waals surface area contributed by atoms with Gasteiger partial charge in [-0.2, -0.15) is 0 Å². The number of nitrogens with zero attached hydrogens (tertiary/aromatic N) is 1. The highest BCUT2D eigenvalue weighted by molar-refractivity contribution is 7.98. The van der Waals surface area contributed by atoms with Crippen LogP contribution in [0.15, 0.2) is 41.3 Å². The summed E-state index contributed by atoms with van der Waals surface area (Å²) < 4.78 is 11.9. The van der Waals surface area contributed by atoms with Gasteiger partial charge in [0.1, 0.15) is 0 Å². The summed E-state index contributed by atoms with van der Waals surface area (Å²) in [6, 6.07) is 11.0. The van der Waals surface area contributed by atoms with Gasteiger partial charge < -0.3 is 9.47 Å². The molecule has 0 radical (unpaired) electrons. The van der Waals surface area contributed by atoms with Crippen LogP contribution in [0, 0.1) is 10.1 Å². The third-order valence-electron chi connectivity index (χ3n) is 4.13. The summed E-state index contributed by atoms with van der Waals surface area (Å²) in [5.41, 5.74) is 3.68. The summed E-state index contributed by atoms with van der Waals surface area (Å²) >= 11 is 1.64. The van der Waals surface area contributed by atoms with Gasteiger partial charge in [-0.15, -0.1) is 11.8 Å². The quantitative estimate of drug-likeness (QED) is 0.482. The largest absolute Gasteiger partial charge is 0.340 e. The molecule has 1 fully saturated rings. The molecule has 0 amide bonds. The minimum atomic E-state index is -0.998. The molecule has 0 atom stereocenters. The maximum atomic E-state index is 11.1. The molecule has 2 aromatic rings. The number of nitro benzene ring substituents is 1. The van der Waals surface area contributed by atoms with E-state index in [9.17, 15) is 10.1 Å². The van der Waals surface area contributed by atoms with Crippen molar-refractivity contribution < 1.29 is 14.4 Å². The Kier molecular flexibility index (Phi) is 3.00. The van der Waals surface area contributed by atoms with Crippen molar-refractivity contribution in [3.05, 3.63) is 57.6 Å². The minimum absolute atomic E-state index is 0.0510. The van der Waals surface area contributed by atoms with Crippen molar-refractivity contribution in [2.75, 3.05) is 19.5 Å². The Balaban J connectivity index is 1.99. The van der Waals surface area contributed by atoms with E-state index in [1.807, 2.05) is 18.4 Å². The molecule has 0 bridgehead atoms. The second kappa shape index (κ2) is 4.81. The maximum absolute atomic E-state index is 11.1. The van der Waals surface area contributed by atoms with Gasteiger partial charge in [0.25, 0.3) is 5.69 Å². The van der Waals surface area contributed by atoms with Crippen molar-refractivity contribution >= 4 is 17.4 Å². The SMILES string of the molecule is CSc1ccc2c(c1)C1(OCCO1)c1cc([N+](=O)[O-])ccc1-2. The maximum Gasteiger partial charge on any atom is 0.269 e. The summed E-state index contributed by atoms with van der Waals surface area (Å²) in [6.45, 7) is 0.954. The van der Waals surface area contributed by atoms with Crippen LogP contribution in [-0.2, 0) is 15.3 Å².